The van der Waals surface area contributed by atoms with Crippen LogP contribution in [0.1, 0.15) is 132 Å². The molecule has 0 aromatic rings. The summed E-state index contributed by atoms with van der Waals surface area (Å²) in [6, 6.07) is 1.34. The molecule has 0 spiro atoms. The molecule has 0 fully saturated rings. The predicted molar refractivity (Wildman–Crippen MR) is 227 cm³/mol. The Kier molecular flexibility index (Phi) is 58.7. The van der Waals surface area contributed by atoms with Crippen LogP contribution in [0, 0.1) is 23.7 Å². The standard InChI is InChI=1S/C7H18N2.C7H15NO.C6H13NO.C6H15N.C5H10O2.C5H12.C4H10O.CH4/c1-7(2)9(5)6-8(3)4;1-5-8(4)7(9)6(2)3;1-5(2)6(8)7(3)4;1-5-7(4)6(2)3;1-4(2)5(6)7-3;1-4-5(2)3;1-4(2)5-3;/h7H,6H2,1-5H3;6H,5H2,1-4H3;5H,1-4H3;6H,5H2,1-4H3;4H,1-3H3;5H,4H2,1-3H3;4H,1-3H3;1H4. The molecule has 0 saturated heterocycles. The third-order valence-corrected chi connectivity index (χ3v) is 7.01. The normalized spacial score (nSPS) is 10.0. The van der Waals surface area contributed by atoms with Crippen molar-refractivity contribution in [1.29, 1.82) is 0 Å². The van der Waals surface area contributed by atoms with Crippen LogP contribution in [0.25, 0.3) is 0 Å². The molecular formula is C41H97N5O5. The van der Waals surface area contributed by atoms with Gasteiger partial charge in [-0.3, -0.25) is 24.2 Å². The number of hydrogen-bond donors (Lipinski definition) is 0. The van der Waals surface area contributed by atoms with Gasteiger partial charge in [0.1, 0.15) is 0 Å². The molecule has 0 rings (SSSR count). The molecule has 51 heavy (non-hydrogen) atoms. The van der Waals surface area contributed by atoms with E-state index in [1.54, 1.807) is 44.9 Å². The van der Waals surface area contributed by atoms with Crippen molar-refractivity contribution in [3.8, 4) is 0 Å². The first-order valence-electron chi connectivity index (χ1n) is 18.7. The summed E-state index contributed by atoms with van der Waals surface area (Å²) >= 11 is 0. The van der Waals surface area contributed by atoms with Crippen molar-refractivity contribution >= 4 is 17.8 Å². The van der Waals surface area contributed by atoms with Crippen molar-refractivity contribution < 1.29 is 23.9 Å². The Morgan fingerprint density at radius 2 is 0.882 bits per heavy atom. The highest BCUT2D eigenvalue weighted by Crippen LogP contribution is 1.97. The number of amides is 2. The van der Waals surface area contributed by atoms with Gasteiger partial charge in [0.2, 0.25) is 11.8 Å². The lowest BCUT2D eigenvalue weighted by Gasteiger charge is -2.24. The van der Waals surface area contributed by atoms with Gasteiger partial charge >= 0.3 is 5.97 Å². The molecule has 10 heteroatoms. The lowest BCUT2D eigenvalue weighted by atomic mass is 10.2. The lowest BCUT2D eigenvalue weighted by molar-refractivity contribution is -0.144. The first kappa shape index (κ1) is 67.4. The monoisotopic (exact) mass is 740 g/mol. The highest BCUT2D eigenvalue weighted by atomic mass is 16.5. The van der Waals surface area contributed by atoms with Crippen LogP contribution >= 0.6 is 0 Å². The number of esters is 1. The fourth-order valence-electron chi connectivity index (χ4n) is 2.32. The number of carbonyl (C=O) groups excluding carboxylic acids is 3. The second-order valence-electron chi connectivity index (χ2n) is 14.9. The summed E-state index contributed by atoms with van der Waals surface area (Å²) in [4.78, 5) is 42.1. The second-order valence-corrected chi connectivity index (χ2v) is 14.9. The minimum Gasteiger partial charge on any atom is -0.469 e. The van der Waals surface area contributed by atoms with E-state index >= 15 is 0 Å². The van der Waals surface area contributed by atoms with Gasteiger partial charge in [-0.05, 0) is 89.1 Å². The number of ether oxygens (including phenoxy) is 2. The molecule has 0 radical (unpaired) electrons. The van der Waals surface area contributed by atoms with Crippen LogP contribution in [0.15, 0.2) is 0 Å². The fraction of sp³-hybridized carbons (Fsp3) is 0.927. The molecule has 0 aromatic carbocycles. The van der Waals surface area contributed by atoms with Crippen molar-refractivity contribution in [2.75, 3.05) is 83.3 Å². The van der Waals surface area contributed by atoms with Crippen LogP contribution in [0.3, 0.4) is 0 Å². The van der Waals surface area contributed by atoms with Crippen LogP contribution in [0.5, 0.6) is 0 Å². The Bertz CT molecular complexity index is 707. The second kappa shape index (κ2) is 44.4. The Hall–Kier alpha value is -1.75. The van der Waals surface area contributed by atoms with Gasteiger partial charge in [0, 0.05) is 65.4 Å². The van der Waals surface area contributed by atoms with E-state index in [9.17, 15) is 14.4 Å². The molecular weight excluding hydrogens is 642 g/mol. The zero-order valence-electron chi connectivity index (χ0n) is 38.6. The van der Waals surface area contributed by atoms with Gasteiger partial charge in [-0.15, -0.1) is 0 Å². The fourth-order valence-corrected chi connectivity index (χ4v) is 2.32. The van der Waals surface area contributed by atoms with Crippen molar-refractivity contribution in [2.45, 2.75) is 150 Å². The molecule has 0 aliphatic heterocycles. The summed E-state index contributed by atoms with van der Waals surface area (Å²) in [5.74, 6) is 1.41. The van der Waals surface area contributed by atoms with Crippen LogP contribution < -0.4 is 0 Å². The first-order valence-corrected chi connectivity index (χ1v) is 18.7. The van der Waals surface area contributed by atoms with E-state index in [4.69, 9.17) is 4.74 Å². The number of carbonyl (C=O) groups is 3. The van der Waals surface area contributed by atoms with E-state index in [0.717, 1.165) is 25.7 Å². The number of hydrogen-bond acceptors (Lipinski definition) is 8. The number of rotatable bonds is 11. The molecule has 0 unspecified atom stereocenters. The molecule has 0 bridgehead atoms. The van der Waals surface area contributed by atoms with Crippen LogP contribution in [-0.4, -0.2) is 144 Å². The Balaban J connectivity index is -0.0000000710. The van der Waals surface area contributed by atoms with Crippen LogP contribution in [-0.2, 0) is 23.9 Å². The van der Waals surface area contributed by atoms with Crippen molar-refractivity contribution in [3.63, 3.8) is 0 Å². The zero-order chi connectivity index (χ0) is 41.9. The topological polar surface area (TPSA) is 85.9 Å². The number of methoxy groups -OCH3 is 2. The minimum atomic E-state index is -0.153. The third-order valence-electron chi connectivity index (χ3n) is 7.01. The van der Waals surface area contributed by atoms with E-state index in [1.165, 1.54) is 13.5 Å². The summed E-state index contributed by atoms with van der Waals surface area (Å²) in [6.45, 7) is 37.8. The van der Waals surface area contributed by atoms with Gasteiger partial charge in [0.05, 0.1) is 19.1 Å². The maximum Gasteiger partial charge on any atom is 0.308 e. The van der Waals surface area contributed by atoms with E-state index in [1.807, 2.05) is 55.5 Å². The van der Waals surface area contributed by atoms with Gasteiger partial charge in [-0.25, -0.2) is 0 Å². The molecule has 0 atom stereocenters. The SMILES string of the molecule is C.CC(C)C(=O)N(C)C.CC(C)N(C)CN(C)C.CCC(C)C.CCN(C)C(=O)C(C)C.CCN(C)C(C)C.COC(=O)C(C)C.COC(C)C. The van der Waals surface area contributed by atoms with Gasteiger partial charge in [0.25, 0.3) is 0 Å². The van der Waals surface area contributed by atoms with Gasteiger partial charge in [0.15, 0.2) is 0 Å². The van der Waals surface area contributed by atoms with Crippen LogP contribution in [0.2, 0.25) is 0 Å². The van der Waals surface area contributed by atoms with E-state index in [0.29, 0.717) is 18.2 Å². The van der Waals surface area contributed by atoms with Crippen LogP contribution in [0.4, 0.5) is 0 Å². The quantitative estimate of drug-likeness (QED) is 0.154. The summed E-state index contributed by atoms with van der Waals surface area (Å²) in [7, 11) is 16.9. The molecule has 0 aliphatic rings. The Morgan fingerprint density at radius 1 is 0.549 bits per heavy atom. The predicted octanol–water partition coefficient (Wildman–Crippen LogP) is 8.59. The summed E-state index contributed by atoms with van der Waals surface area (Å²) in [6.07, 6.45) is 1.69. The Morgan fingerprint density at radius 3 is 0.922 bits per heavy atom. The zero-order valence-corrected chi connectivity index (χ0v) is 38.6. The van der Waals surface area contributed by atoms with Crippen molar-refractivity contribution in [3.05, 3.63) is 0 Å². The minimum absolute atomic E-state index is 0. The number of nitrogens with zero attached hydrogens (tertiary/aromatic N) is 5. The maximum atomic E-state index is 11.0. The highest BCUT2D eigenvalue weighted by molar-refractivity contribution is 5.77. The van der Waals surface area contributed by atoms with E-state index < -0.39 is 0 Å². The molecule has 0 aromatic heterocycles. The molecule has 0 aliphatic carbocycles. The molecule has 0 saturated carbocycles. The smallest absolute Gasteiger partial charge is 0.308 e. The summed E-state index contributed by atoms with van der Waals surface area (Å²) in [5, 5.41) is 0. The summed E-state index contributed by atoms with van der Waals surface area (Å²) in [5.41, 5.74) is 0. The van der Waals surface area contributed by atoms with Gasteiger partial charge in [-0.2, -0.15) is 0 Å². The highest BCUT2D eigenvalue weighted by Gasteiger charge is 2.09. The van der Waals surface area contributed by atoms with Gasteiger partial charge < -0.3 is 24.2 Å². The Labute approximate surface area is 322 Å². The summed E-state index contributed by atoms with van der Waals surface area (Å²) < 4.78 is 9.12. The van der Waals surface area contributed by atoms with Gasteiger partial charge in [-0.1, -0.05) is 83.1 Å². The lowest BCUT2D eigenvalue weighted by Crippen LogP contribution is -2.35. The average Bonchev–Trinajstić information content (AvgIpc) is 3.03. The molecule has 10 nitrogen and oxygen atoms in total. The molecule has 0 N–H and O–H groups in total. The van der Waals surface area contributed by atoms with Crippen molar-refractivity contribution in [1.82, 2.24) is 24.5 Å². The third kappa shape index (κ3) is 63.7. The maximum absolute atomic E-state index is 11.0. The first-order chi connectivity index (χ1) is 22.6. The average molecular weight is 740 g/mol. The van der Waals surface area contributed by atoms with E-state index in [2.05, 4.69) is 103 Å². The largest absolute Gasteiger partial charge is 0.469 e. The molecule has 316 valence electrons. The molecule has 0 heterocycles. The van der Waals surface area contributed by atoms with E-state index in [-0.39, 0.29) is 43.0 Å². The molecule has 2 amide bonds. The van der Waals surface area contributed by atoms with Crippen molar-refractivity contribution in [2.24, 2.45) is 23.7 Å².